The Bertz CT molecular complexity index is 1410. The summed E-state index contributed by atoms with van der Waals surface area (Å²) in [6.45, 7) is 2.69. The molecule has 0 N–H and O–H groups in total. The summed E-state index contributed by atoms with van der Waals surface area (Å²) in [4.78, 5) is 25.4. The molecule has 0 unspecified atom stereocenters. The molecule has 10 heteroatoms. The monoisotopic (exact) mass is 440 g/mol. The fourth-order valence-corrected chi connectivity index (χ4v) is 3.91. The quantitative estimate of drug-likeness (QED) is 0.417. The maximum Gasteiger partial charge on any atom is 0.258 e. The predicted octanol–water partition coefficient (Wildman–Crippen LogP) is 2.98. The number of benzene rings is 1. The van der Waals surface area contributed by atoms with Gasteiger partial charge in [0.15, 0.2) is 17.0 Å². The number of ether oxygens (including phenoxy) is 1. The minimum atomic E-state index is 0.330. The molecular weight excluding hydrogens is 420 g/mol. The van der Waals surface area contributed by atoms with Gasteiger partial charge in [0, 0.05) is 43.7 Å². The predicted molar refractivity (Wildman–Crippen MR) is 121 cm³/mol. The van der Waals surface area contributed by atoms with Crippen LogP contribution in [0.3, 0.4) is 0 Å². The Morgan fingerprint density at radius 1 is 0.818 bits per heavy atom. The van der Waals surface area contributed by atoms with Crippen LogP contribution in [-0.2, 0) is 11.8 Å². The fraction of sp³-hybridized carbons (Fsp3) is 0.217. The summed E-state index contributed by atoms with van der Waals surface area (Å²) in [5.74, 6) is 2.66. The average Bonchev–Trinajstić information content (AvgIpc) is 3.51. The van der Waals surface area contributed by atoms with Gasteiger partial charge in [0.05, 0.1) is 13.2 Å². The number of pyridine rings is 1. The van der Waals surface area contributed by atoms with Crippen molar-refractivity contribution in [1.29, 1.82) is 0 Å². The third kappa shape index (κ3) is 3.50. The third-order valence-electron chi connectivity index (χ3n) is 5.60. The molecule has 0 bridgehead atoms. The van der Waals surface area contributed by atoms with Crippen molar-refractivity contribution in [3.8, 4) is 34.5 Å². The second-order valence-electron chi connectivity index (χ2n) is 7.66. The van der Waals surface area contributed by atoms with Crippen LogP contribution in [0.25, 0.3) is 45.7 Å². The van der Waals surface area contributed by atoms with E-state index in [0.29, 0.717) is 49.5 Å². The van der Waals surface area contributed by atoms with Gasteiger partial charge in [-0.25, -0.2) is 15.0 Å². The first kappa shape index (κ1) is 19.5. The zero-order valence-corrected chi connectivity index (χ0v) is 17.9. The highest BCUT2D eigenvalue weighted by Gasteiger charge is 2.24. The highest BCUT2D eigenvalue weighted by Crippen LogP contribution is 2.31. The number of hydrogen-bond donors (Lipinski definition) is 0. The summed E-state index contributed by atoms with van der Waals surface area (Å²) in [5, 5.41) is 4.16. The maximum atomic E-state index is 5.54. The highest BCUT2D eigenvalue weighted by atomic mass is 16.5. The minimum Gasteiger partial charge on any atom is -0.378 e. The van der Waals surface area contributed by atoms with Crippen LogP contribution in [0.15, 0.2) is 59.4 Å². The van der Waals surface area contributed by atoms with Crippen LogP contribution < -0.4 is 4.90 Å². The van der Waals surface area contributed by atoms with Gasteiger partial charge in [0.25, 0.3) is 5.89 Å². The number of morpholine rings is 1. The third-order valence-corrected chi connectivity index (χ3v) is 5.60. The molecule has 1 aromatic carbocycles. The molecule has 5 heterocycles. The number of aryl methyl sites for hydroxylation is 1. The van der Waals surface area contributed by atoms with E-state index < -0.39 is 0 Å². The zero-order chi connectivity index (χ0) is 22.2. The second kappa shape index (κ2) is 8.06. The largest absolute Gasteiger partial charge is 0.378 e. The summed E-state index contributed by atoms with van der Waals surface area (Å²) in [6.07, 6.45) is 3.50. The molecule has 6 rings (SSSR count). The van der Waals surface area contributed by atoms with Gasteiger partial charge in [-0.1, -0.05) is 23.4 Å². The van der Waals surface area contributed by atoms with Gasteiger partial charge in [0.2, 0.25) is 11.6 Å². The standard InChI is InChI=1S/C23H20N8O2/c1-30-20(15-7-9-24-10-8-15)25-17-21(30)26-18(27-22(17)31-11-13-32-14-12-31)19-28-23(33-29-19)16-5-3-2-4-6-16/h2-10H,11-14H2,1H3. The smallest absolute Gasteiger partial charge is 0.258 e. The number of imidazole rings is 1. The van der Waals surface area contributed by atoms with Crippen molar-refractivity contribution in [2.45, 2.75) is 0 Å². The molecule has 0 atom stereocenters. The van der Waals surface area contributed by atoms with Gasteiger partial charge >= 0.3 is 0 Å². The zero-order valence-electron chi connectivity index (χ0n) is 17.9. The number of nitrogens with zero attached hydrogens (tertiary/aromatic N) is 8. The van der Waals surface area contributed by atoms with Crippen LogP contribution in [0.1, 0.15) is 0 Å². The molecule has 4 aromatic heterocycles. The summed E-state index contributed by atoms with van der Waals surface area (Å²) >= 11 is 0. The van der Waals surface area contributed by atoms with Crippen LogP contribution in [0.2, 0.25) is 0 Å². The molecule has 5 aromatic rings. The SMILES string of the molecule is Cn1c(-c2ccncc2)nc2c(N3CCOCC3)nc(-c3noc(-c4ccccc4)n3)nc21. The second-order valence-corrected chi connectivity index (χ2v) is 7.66. The molecule has 0 spiro atoms. The molecule has 164 valence electrons. The van der Waals surface area contributed by atoms with Crippen molar-refractivity contribution in [3.63, 3.8) is 0 Å². The Kier molecular flexibility index (Phi) is 4.76. The number of fused-ring (bicyclic) bond motifs is 1. The van der Waals surface area contributed by atoms with E-state index in [1.165, 1.54) is 0 Å². The van der Waals surface area contributed by atoms with Gasteiger partial charge in [-0.05, 0) is 24.3 Å². The minimum absolute atomic E-state index is 0.330. The van der Waals surface area contributed by atoms with E-state index in [-0.39, 0.29) is 0 Å². The van der Waals surface area contributed by atoms with Gasteiger partial charge in [-0.2, -0.15) is 4.98 Å². The molecule has 1 aliphatic rings. The molecule has 10 nitrogen and oxygen atoms in total. The first-order valence-corrected chi connectivity index (χ1v) is 10.6. The van der Waals surface area contributed by atoms with Crippen molar-refractivity contribution in [1.82, 2.24) is 34.6 Å². The molecule has 1 fully saturated rings. The van der Waals surface area contributed by atoms with Crippen molar-refractivity contribution in [3.05, 3.63) is 54.9 Å². The van der Waals surface area contributed by atoms with Crippen molar-refractivity contribution >= 4 is 17.0 Å². The molecule has 0 radical (unpaired) electrons. The first-order chi connectivity index (χ1) is 16.3. The highest BCUT2D eigenvalue weighted by molar-refractivity contribution is 5.88. The number of anilines is 1. The summed E-state index contributed by atoms with van der Waals surface area (Å²) in [7, 11) is 1.94. The van der Waals surface area contributed by atoms with Gasteiger partial charge in [0.1, 0.15) is 5.82 Å². The lowest BCUT2D eigenvalue weighted by atomic mass is 10.2. The van der Waals surface area contributed by atoms with E-state index in [9.17, 15) is 0 Å². The number of hydrogen-bond acceptors (Lipinski definition) is 9. The van der Waals surface area contributed by atoms with E-state index in [0.717, 1.165) is 28.3 Å². The van der Waals surface area contributed by atoms with Crippen LogP contribution in [-0.4, -0.2) is 60.9 Å². The van der Waals surface area contributed by atoms with Gasteiger partial charge < -0.3 is 18.7 Å². The van der Waals surface area contributed by atoms with Crippen LogP contribution in [0, 0.1) is 0 Å². The van der Waals surface area contributed by atoms with E-state index in [4.69, 9.17) is 24.2 Å². The molecule has 1 aliphatic heterocycles. The lowest BCUT2D eigenvalue weighted by Crippen LogP contribution is -2.37. The average molecular weight is 440 g/mol. The molecule has 0 saturated carbocycles. The molecular formula is C23H20N8O2. The van der Waals surface area contributed by atoms with E-state index in [1.807, 2.05) is 54.1 Å². The molecule has 0 amide bonds. The summed E-state index contributed by atoms with van der Waals surface area (Å²) < 4.78 is 13.0. The van der Waals surface area contributed by atoms with Crippen molar-refractivity contribution in [2.75, 3.05) is 31.2 Å². The Hall–Kier alpha value is -4.18. The Morgan fingerprint density at radius 2 is 1.61 bits per heavy atom. The normalized spacial score (nSPS) is 14.2. The van der Waals surface area contributed by atoms with E-state index >= 15 is 0 Å². The lowest BCUT2D eigenvalue weighted by Gasteiger charge is -2.27. The van der Waals surface area contributed by atoms with Crippen molar-refractivity contribution in [2.24, 2.45) is 7.05 Å². The molecule has 1 saturated heterocycles. The van der Waals surface area contributed by atoms with Crippen LogP contribution in [0.5, 0.6) is 0 Å². The van der Waals surface area contributed by atoms with Crippen molar-refractivity contribution < 1.29 is 9.26 Å². The van der Waals surface area contributed by atoms with Crippen LogP contribution in [0.4, 0.5) is 5.82 Å². The topological polar surface area (TPSA) is 108 Å². The number of aromatic nitrogens is 7. The first-order valence-electron chi connectivity index (χ1n) is 10.6. The lowest BCUT2D eigenvalue weighted by molar-refractivity contribution is 0.122. The summed E-state index contributed by atoms with van der Waals surface area (Å²) in [6, 6.07) is 13.5. The number of rotatable bonds is 4. The Labute approximate surface area is 188 Å². The fourth-order valence-electron chi connectivity index (χ4n) is 3.91. The van der Waals surface area contributed by atoms with Gasteiger partial charge in [-0.3, -0.25) is 4.98 Å². The summed E-state index contributed by atoms with van der Waals surface area (Å²) in [5.41, 5.74) is 3.21. The van der Waals surface area contributed by atoms with E-state index in [1.54, 1.807) is 12.4 Å². The maximum absolute atomic E-state index is 5.54. The molecule has 33 heavy (non-hydrogen) atoms. The van der Waals surface area contributed by atoms with E-state index in [2.05, 4.69) is 20.0 Å². The Morgan fingerprint density at radius 3 is 2.39 bits per heavy atom. The van der Waals surface area contributed by atoms with Crippen LogP contribution >= 0.6 is 0 Å². The Balaban J connectivity index is 1.52. The van der Waals surface area contributed by atoms with Gasteiger partial charge in [-0.15, -0.1) is 0 Å². The molecule has 0 aliphatic carbocycles.